The molecule has 1 amide bonds. The first-order chi connectivity index (χ1) is 11.5. The highest BCUT2D eigenvalue weighted by atomic mass is 35.5. The van der Waals surface area contributed by atoms with Crippen molar-refractivity contribution in [2.75, 3.05) is 12.4 Å². The number of amides is 1. The molecule has 7 heteroatoms. The number of anilines is 1. The molecule has 124 valence electrons. The third-order valence-electron chi connectivity index (χ3n) is 4.32. The number of ether oxygens (including phenoxy) is 1. The molecule has 1 heterocycles. The van der Waals surface area contributed by atoms with Gasteiger partial charge in [0.2, 0.25) is 5.91 Å². The second kappa shape index (κ2) is 6.57. The first kappa shape index (κ1) is 16.4. The first-order valence-electron chi connectivity index (χ1n) is 7.55. The Labute approximate surface area is 144 Å². The van der Waals surface area contributed by atoms with Crippen LogP contribution in [0, 0.1) is 0 Å². The second-order valence-electron chi connectivity index (χ2n) is 5.70. The predicted molar refractivity (Wildman–Crippen MR) is 89.0 cm³/mol. The maximum absolute atomic E-state index is 12.8. The fourth-order valence-corrected chi connectivity index (χ4v) is 3.00. The van der Waals surface area contributed by atoms with E-state index in [1.165, 1.54) is 19.2 Å². The Bertz CT molecular complexity index is 773. The van der Waals surface area contributed by atoms with Crippen LogP contribution >= 0.6 is 11.6 Å². The number of benzene rings is 1. The summed E-state index contributed by atoms with van der Waals surface area (Å²) in [7, 11) is 1.27. The highest BCUT2D eigenvalue weighted by Crippen LogP contribution is 2.45. The van der Waals surface area contributed by atoms with Gasteiger partial charge >= 0.3 is 5.97 Å². The number of rotatable bonds is 4. The molecule has 2 aromatic rings. The summed E-state index contributed by atoms with van der Waals surface area (Å²) >= 11 is 6.06. The maximum Gasteiger partial charge on any atom is 0.358 e. The Morgan fingerprint density at radius 3 is 2.54 bits per heavy atom. The average molecular weight is 346 g/mol. The van der Waals surface area contributed by atoms with E-state index in [1.54, 1.807) is 6.07 Å². The van der Waals surface area contributed by atoms with Gasteiger partial charge in [0.05, 0.1) is 12.5 Å². The monoisotopic (exact) mass is 345 g/mol. The Balaban J connectivity index is 1.79. The smallest absolute Gasteiger partial charge is 0.358 e. The Morgan fingerprint density at radius 1 is 1.21 bits per heavy atom. The van der Waals surface area contributed by atoms with E-state index in [2.05, 4.69) is 20.3 Å². The van der Waals surface area contributed by atoms with Gasteiger partial charge in [0, 0.05) is 5.02 Å². The molecule has 1 aromatic heterocycles. The van der Waals surface area contributed by atoms with Gasteiger partial charge in [-0.05, 0) is 42.7 Å². The van der Waals surface area contributed by atoms with Crippen LogP contribution in [0.15, 0.2) is 36.4 Å². The molecule has 0 unspecified atom stereocenters. The molecule has 1 saturated carbocycles. The highest BCUT2D eigenvalue weighted by molar-refractivity contribution is 6.30. The van der Waals surface area contributed by atoms with Crippen molar-refractivity contribution in [3.63, 3.8) is 0 Å². The van der Waals surface area contributed by atoms with Crippen LogP contribution in [0.1, 0.15) is 35.3 Å². The van der Waals surface area contributed by atoms with Crippen LogP contribution in [0.2, 0.25) is 5.02 Å². The lowest BCUT2D eigenvalue weighted by atomic mass is 9.64. The number of nitrogens with one attached hydrogen (secondary N) is 1. The highest BCUT2D eigenvalue weighted by Gasteiger charge is 2.45. The topological polar surface area (TPSA) is 81.2 Å². The lowest BCUT2D eigenvalue weighted by molar-refractivity contribution is -0.124. The summed E-state index contributed by atoms with van der Waals surface area (Å²) in [4.78, 5) is 24.1. The van der Waals surface area contributed by atoms with Gasteiger partial charge < -0.3 is 10.1 Å². The molecule has 0 spiro atoms. The average Bonchev–Trinajstić information content (AvgIpc) is 2.54. The van der Waals surface area contributed by atoms with Crippen molar-refractivity contribution < 1.29 is 14.3 Å². The Hall–Kier alpha value is -2.47. The molecule has 0 atom stereocenters. The molecule has 24 heavy (non-hydrogen) atoms. The molecule has 0 saturated heterocycles. The fraction of sp³-hybridized carbons (Fsp3) is 0.294. The maximum atomic E-state index is 12.8. The van der Waals surface area contributed by atoms with E-state index in [9.17, 15) is 9.59 Å². The van der Waals surface area contributed by atoms with E-state index in [1.807, 2.05) is 18.2 Å². The minimum Gasteiger partial charge on any atom is -0.464 e. The zero-order valence-electron chi connectivity index (χ0n) is 13.1. The molecule has 1 aromatic carbocycles. The molecule has 6 nitrogen and oxygen atoms in total. The number of methoxy groups -OCH3 is 1. The summed E-state index contributed by atoms with van der Waals surface area (Å²) in [6.07, 6.45) is 2.49. The van der Waals surface area contributed by atoms with Gasteiger partial charge in [0.15, 0.2) is 11.5 Å². The van der Waals surface area contributed by atoms with E-state index in [0.717, 1.165) is 24.8 Å². The standard InChI is InChI=1S/C17H16ClN3O3/c1-24-15(22)13-6-7-14(21-20-13)19-16(23)17(8-3-9-17)11-4-2-5-12(18)10-11/h2,4-7,10H,3,8-9H2,1H3,(H,19,21,23). The number of halogens is 1. The van der Waals surface area contributed by atoms with Gasteiger partial charge in [-0.1, -0.05) is 30.2 Å². The van der Waals surface area contributed by atoms with E-state index in [4.69, 9.17) is 11.6 Å². The van der Waals surface area contributed by atoms with Gasteiger partial charge in [-0.3, -0.25) is 4.79 Å². The van der Waals surface area contributed by atoms with E-state index in [-0.39, 0.29) is 11.6 Å². The summed E-state index contributed by atoms with van der Waals surface area (Å²) in [5.41, 5.74) is 0.398. The van der Waals surface area contributed by atoms with Gasteiger partial charge in [-0.2, -0.15) is 0 Å². The minimum atomic E-state index is -0.590. The van der Waals surface area contributed by atoms with E-state index >= 15 is 0 Å². The van der Waals surface area contributed by atoms with Gasteiger partial charge in [-0.25, -0.2) is 4.79 Å². The van der Waals surface area contributed by atoms with Crippen LogP contribution in [0.3, 0.4) is 0 Å². The van der Waals surface area contributed by atoms with Crippen LogP contribution in [0.25, 0.3) is 0 Å². The molecule has 0 bridgehead atoms. The second-order valence-corrected chi connectivity index (χ2v) is 6.13. The molecule has 0 aliphatic heterocycles. The number of aromatic nitrogens is 2. The summed E-state index contributed by atoms with van der Waals surface area (Å²) in [6.45, 7) is 0. The largest absolute Gasteiger partial charge is 0.464 e. The molecular formula is C17H16ClN3O3. The quantitative estimate of drug-likeness (QED) is 0.861. The van der Waals surface area contributed by atoms with E-state index < -0.39 is 11.4 Å². The van der Waals surface area contributed by atoms with Crippen LogP contribution in [-0.4, -0.2) is 29.2 Å². The summed E-state index contributed by atoms with van der Waals surface area (Å²) in [5.74, 6) is -0.424. The van der Waals surface area contributed by atoms with Gasteiger partial charge in [-0.15, -0.1) is 10.2 Å². The summed E-state index contributed by atoms with van der Waals surface area (Å²) in [6, 6.07) is 10.4. The molecule has 1 aliphatic carbocycles. The number of carbonyl (C=O) groups excluding carboxylic acids is 2. The van der Waals surface area contributed by atoms with Crippen molar-refractivity contribution in [3.8, 4) is 0 Å². The Morgan fingerprint density at radius 2 is 2.00 bits per heavy atom. The lowest BCUT2D eigenvalue weighted by Gasteiger charge is -2.40. The molecule has 1 aliphatic rings. The Kier molecular flexibility index (Phi) is 4.49. The number of esters is 1. The molecule has 3 rings (SSSR count). The third kappa shape index (κ3) is 2.97. The zero-order valence-corrected chi connectivity index (χ0v) is 13.8. The molecule has 0 radical (unpaired) electrons. The molecule has 1 N–H and O–H groups in total. The SMILES string of the molecule is COC(=O)c1ccc(NC(=O)C2(c3cccc(Cl)c3)CCC2)nn1. The number of carbonyl (C=O) groups is 2. The predicted octanol–water partition coefficient (Wildman–Crippen LogP) is 2.98. The van der Waals surface area contributed by atoms with Crippen LogP contribution in [0.4, 0.5) is 5.82 Å². The van der Waals surface area contributed by atoms with Crippen LogP contribution < -0.4 is 5.32 Å². The van der Waals surface area contributed by atoms with Crippen molar-refractivity contribution in [2.45, 2.75) is 24.7 Å². The van der Waals surface area contributed by atoms with Crippen LogP contribution in [-0.2, 0) is 14.9 Å². The van der Waals surface area contributed by atoms with Crippen molar-refractivity contribution in [3.05, 3.63) is 52.7 Å². The third-order valence-corrected chi connectivity index (χ3v) is 4.55. The van der Waals surface area contributed by atoms with Gasteiger partial charge in [0.25, 0.3) is 0 Å². The molecule has 1 fully saturated rings. The van der Waals surface area contributed by atoms with Crippen molar-refractivity contribution in [2.24, 2.45) is 0 Å². The number of nitrogens with zero attached hydrogens (tertiary/aromatic N) is 2. The fourth-order valence-electron chi connectivity index (χ4n) is 2.81. The molecular weight excluding hydrogens is 330 g/mol. The van der Waals surface area contributed by atoms with Crippen LogP contribution in [0.5, 0.6) is 0 Å². The summed E-state index contributed by atoms with van der Waals surface area (Å²) < 4.78 is 4.57. The first-order valence-corrected chi connectivity index (χ1v) is 7.92. The number of hydrogen-bond acceptors (Lipinski definition) is 5. The van der Waals surface area contributed by atoms with E-state index in [0.29, 0.717) is 10.8 Å². The van der Waals surface area contributed by atoms with Crippen molar-refractivity contribution in [1.29, 1.82) is 0 Å². The van der Waals surface area contributed by atoms with Crippen molar-refractivity contribution in [1.82, 2.24) is 10.2 Å². The number of hydrogen-bond donors (Lipinski definition) is 1. The van der Waals surface area contributed by atoms with Crippen molar-refractivity contribution >= 4 is 29.3 Å². The normalized spacial score (nSPS) is 15.2. The summed E-state index contributed by atoms with van der Waals surface area (Å²) in [5, 5.41) is 11.0. The van der Waals surface area contributed by atoms with Gasteiger partial charge in [0.1, 0.15) is 0 Å². The minimum absolute atomic E-state index is 0.0868. The lowest BCUT2D eigenvalue weighted by Crippen LogP contribution is -2.46. The zero-order chi connectivity index (χ0) is 17.2.